The molecule has 0 spiro atoms. The van der Waals surface area contributed by atoms with Crippen LogP contribution in [0.25, 0.3) is 0 Å². The molecule has 0 saturated carbocycles. The Bertz CT molecular complexity index is 726. The van der Waals surface area contributed by atoms with Crippen LogP contribution in [0.15, 0.2) is 30.6 Å². The quantitative estimate of drug-likeness (QED) is 0.874. The summed E-state index contributed by atoms with van der Waals surface area (Å²) in [4.78, 5) is 10.3. The van der Waals surface area contributed by atoms with E-state index < -0.39 is 11.6 Å². The average Bonchev–Trinajstić information content (AvgIpc) is 2.99. The molecule has 0 unspecified atom stereocenters. The van der Waals surface area contributed by atoms with Crippen molar-refractivity contribution in [3.8, 4) is 6.07 Å². The van der Waals surface area contributed by atoms with E-state index in [4.69, 9.17) is 5.26 Å². The minimum Gasteiger partial charge on any atom is -0.352 e. The van der Waals surface area contributed by atoms with Gasteiger partial charge >= 0.3 is 0 Å². The number of rotatable bonds is 3. The summed E-state index contributed by atoms with van der Waals surface area (Å²) in [6, 6.07) is 5.50. The van der Waals surface area contributed by atoms with Crippen LogP contribution in [0.4, 0.5) is 14.6 Å². The second kappa shape index (κ2) is 6.06. The largest absolute Gasteiger partial charge is 0.352 e. The molecule has 4 nitrogen and oxygen atoms in total. The maximum atomic E-state index is 13.8. The van der Waals surface area contributed by atoms with Crippen LogP contribution in [-0.4, -0.2) is 22.6 Å². The van der Waals surface area contributed by atoms with E-state index in [0.29, 0.717) is 17.8 Å². The van der Waals surface area contributed by atoms with Crippen molar-refractivity contribution < 1.29 is 8.78 Å². The smallest absolute Gasteiger partial charge is 0.161 e. The molecule has 1 aliphatic heterocycles. The maximum absolute atomic E-state index is 13.8. The molecule has 1 aromatic heterocycles. The zero-order valence-electron chi connectivity index (χ0n) is 11.8. The highest BCUT2D eigenvalue weighted by atomic mass is 19.1. The van der Waals surface area contributed by atoms with E-state index in [2.05, 4.69) is 9.97 Å². The van der Waals surface area contributed by atoms with E-state index in [9.17, 15) is 8.78 Å². The van der Waals surface area contributed by atoms with Gasteiger partial charge in [-0.25, -0.2) is 13.8 Å². The van der Waals surface area contributed by atoms with E-state index in [0.717, 1.165) is 31.5 Å². The van der Waals surface area contributed by atoms with Crippen molar-refractivity contribution in [2.45, 2.75) is 25.3 Å². The van der Waals surface area contributed by atoms with Gasteiger partial charge in [0.1, 0.15) is 23.5 Å². The standard InChI is InChI=1S/C16H14F2N4/c17-12-3-4-15(18)11(6-12)7-14-2-1-5-22(14)16-10-20-9-13(8-19)21-16/h3-4,6,9-10,14H,1-2,5,7H2/t14-/m1/s1. The fourth-order valence-electron chi connectivity index (χ4n) is 2.85. The summed E-state index contributed by atoms with van der Waals surface area (Å²) in [5.74, 6) is -0.226. The molecule has 1 aromatic carbocycles. The van der Waals surface area contributed by atoms with Crippen LogP contribution in [0.1, 0.15) is 24.1 Å². The Hall–Kier alpha value is -2.55. The van der Waals surface area contributed by atoms with Crippen LogP contribution in [0.2, 0.25) is 0 Å². The zero-order valence-corrected chi connectivity index (χ0v) is 11.8. The van der Waals surface area contributed by atoms with E-state index in [-0.39, 0.29) is 11.7 Å². The van der Waals surface area contributed by atoms with Gasteiger partial charge in [-0.3, -0.25) is 4.98 Å². The molecule has 0 radical (unpaired) electrons. The predicted molar refractivity (Wildman–Crippen MR) is 77.2 cm³/mol. The highest BCUT2D eigenvalue weighted by Gasteiger charge is 2.27. The van der Waals surface area contributed by atoms with Gasteiger partial charge in [-0.2, -0.15) is 5.26 Å². The number of halogens is 2. The minimum atomic E-state index is -0.438. The molecular weight excluding hydrogens is 286 g/mol. The third kappa shape index (κ3) is 2.89. The highest BCUT2D eigenvalue weighted by molar-refractivity contribution is 5.41. The van der Waals surface area contributed by atoms with E-state index in [1.165, 1.54) is 12.3 Å². The SMILES string of the molecule is N#Cc1cncc(N2CCC[C@@H]2Cc2cc(F)ccc2F)n1. The van der Waals surface area contributed by atoms with E-state index >= 15 is 0 Å². The zero-order chi connectivity index (χ0) is 15.5. The molecule has 1 fully saturated rings. The first-order chi connectivity index (χ1) is 10.7. The van der Waals surface area contributed by atoms with Gasteiger partial charge in [0.05, 0.1) is 12.4 Å². The third-order valence-electron chi connectivity index (χ3n) is 3.87. The Kier molecular flexibility index (Phi) is 3.96. The molecule has 2 aromatic rings. The number of nitriles is 1. The molecule has 1 atom stereocenters. The number of benzene rings is 1. The van der Waals surface area contributed by atoms with E-state index in [1.807, 2.05) is 11.0 Å². The molecule has 1 saturated heterocycles. The second-order valence-corrected chi connectivity index (χ2v) is 5.30. The summed E-state index contributed by atoms with van der Waals surface area (Å²) in [7, 11) is 0. The molecule has 6 heteroatoms. The van der Waals surface area contributed by atoms with Crippen LogP contribution in [-0.2, 0) is 6.42 Å². The molecule has 112 valence electrons. The number of anilines is 1. The van der Waals surface area contributed by atoms with Crippen molar-refractivity contribution in [3.05, 3.63) is 53.5 Å². The van der Waals surface area contributed by atoms with Crippen LogP contribution in [0, 0.1) is 23.0 Å². The summed E-state index contributed by atoms with van der Waals surface area (Å²) in [6.45, 7) is 0.769. The summed E-state index contributed by atoms with van der Waals surface area (Å²) >= 11 is 0. The molecule has 0 aliphatic carbocycles. The lowest BCUT2D eigenvalue weighted by Gasteiger charge is -2.25. The van der Waals surface area contributed by atoms with Gasteiger partial charge in [0.15, 0.2) is 5.69 Å². The summed E-state index contributed by atoms with van der Waals surface area (Å²) in [6.07, 6.45) is 5.22. The topological polar surface area (TPSA) is 52.8 Å². The number of aromatic nitrogens is 2. The normalized spacial score (nSPS) is 17.5. The summed E-state index contributed by atoms with van der Waals surface area (Å²) < 4.78 is 27.1. The van der Waals surface area contributed by atoms with Crippen molar-refractivity contribution in [2.24, 2.45) is 0 Å². The van der Waals surface area contributed by atoms with Crippen molar-refractivity contribution in [1.29, 1.82) is 5.26 Å². The van der Waals surface area contributed by atoms with Gasteiger partial charge in [-0.05, 0) is 43.0 Å². The van der Waals surface area contributed by atoms with Gasteiger partial charge in [0.2, 0.25) is 0 Å². The lowest BCUT2D eigenvalue weighted by molar-refractivity contribution is 0.565. The summed E-state index contributed by atoms with van der Waals surface area (Å²) in [5, 5.41) is 8.91. The fraction of sp³-hybridized carbons (Fsp3) is 0.312. The van der Waals surface area contributed by atoms with Crippen LogP contribution in [0.5, 0.6) is 0 Å². The first-order valence-corrected chi connectivity index (χ1v) is 7.10. The first kappa shape index (κ1) is 14.4. The molecular formula is C16H14F2N4. The minimum absolute atomic E-state index is 0.0274. The van der Waals surface area contributed by atoms with Gasteiger partial charge in [-0.1, -0.05) is 0 Å². The van der Waals surface area contributed by atoms with E-state index in [1.54, 1.807) is 6.20 Å². The van der Waals surface area contributed by atoms with Gasteiger partial charge in [0, 0.05) is 12.6 Å². The predicted octanol–water partition coefficient (Wildman–Crippen LogP) is 2.84. The monoisotopic (exact) mass is 300 g/mol. The molecule has 0 amide bonds. The maximum Gasteiger partial charge on any atom is 0.161 e. The Labute approximate surface area is 127 Å². The van der Waals surface area contributed by atoms with Crippen molar-refractivity contribution in [2.75, 3.05) is 11.4 Å². The first-order valence-electron chi connectivity index (χ1n) is 7.10. The van der Waals surface area contributed by atoms with Gasteiger partial charge in [0.25, 0.3) is 0 Å². The molecule has 0 N–H and O–H groups in total. The molecule has 3 rings (SSSR count). The second-order valence-electron chi connectivity index (χ2n) is 5.30. The van der Waals surface area contributed by atoms with Crippen molar-refractivity contribution >= 4 is 5.82 Å². The highest BCUT2D eigenvalue weighted by Crippen LogP contribution is 2.27. The van der Waals surface area contributed by atoms with Gasteiger partial charge in [-0.15, -0.1) is 0 Å². The molecule has 22 heavy (non-hydrogen) atoms. The number of hydrogen-bond acceptors (Lipinski definition) is 4. The molecule has 0 bridgehead atoms. The van der Waals surface area contributed by atoms with Crippen LogP contribution in [0.3, 0.4) is 0 Å². The molecule has 2 heterocycles. The van der Waals surface area contributed by atoms with Crippen molar-refractivity contribution in [3.63, 3.8) is 0 Å². The molecule has 1 aliphatic rings. The number of hydrogen-bond donors (Lipinski definition) is 0. The summed E-state index contributed by atoms with van der Waals surface area (Å²) in [5.41, 5.74) is 0.612. The Balaban J connectivity index is 1.84. The Morgan fingerprint density at radius 3 is 3.00 bits per heavy atom. The third-order valence-corrected chi connectivity index (χ3v) is 3.87. The van der Waals surface area contributed by atoms with Crippen molar-refractivity contribution in [1.82, 2.24) is 9.97 Å². The number of nitrogens with zero attached hydrogens (tertiary/aromatic N) is 4. The lowest BCUT2D eigenvalue weighted by Crippen LogP contribution is -2.32. The Morgan fingerprint density at radius 1 is 1.32 bits per heavy atom. The van der Waals surface area contributed by atoms with Crippen LogP contribution < -0.4 is 4.90 Å². The Morgan fingerprint density at radius 2 is 2.18 bits per heavy atom. The van der Waals surface area contributed by atoms with Crippen LogP contribution >= 0.6 is 0 Å². The van der Waals surface area contributed by atoms with Gasteiger partial charge < -0.3 is 4.90 Å². The average molecular weight is 300 g/mol. The fourth-order valence-corrected chi connectivity index (χ4v) is 2.85. The lowest BCUT2D eigenvalue weighted by atomic mass is 10.0.